The standard InChI is InChI=1S/C31H29BrN4O2/c1-20(2)19-35(31(38)33-25-12-8-11-24(32)18-25)21(3)29-34-28-14-7-6-13-27(28)30(37)36(29)26-16-15-22-9-4-5-10-23(22)17-26/h4-18,20-21H,19H2,1-3H3,(H,33,38). The molecule has 5 rings (SSSR count). The normalized spacial score (nSPS) is 12.1. The number of para-hydroxylation sites is 1. The lowest BCUT2D eigenvalue weighted by Crippen LogP contribution is -2.41. The molecule has 1 unspecified atom stereocenters. The van der Waals surface area contributed by atoms with Crippen molar-refractivity contribution in [2.24, 2.45) is 5.92 Å². The summed E-state index contributed by atoms with van der Waals surface area (Å²) in [6.45, 7) is 6.55. The molecule has 0 aliphatic carbocycles. The number of fused-ring (bicyclic) bond motifs is 2. The number of amides is 2. The summed E-state index contributed by atoms with van der Waals surface area (Å²) < 4.78 is 2.53. The van der Waals surface area contributed by atoms with Crippen LogP contribution in [0.3, 0.4) is 0 Å². The molecule has 0 bridgehead atoms. The number of halogens is 1. The molecular formula is C31H29BrN4O2. The molecule has 0 aliphatic rings. The summed E-state index contributed by atoms with van der Waals surface area (Å²) in [6, 6.07) is 28.1. The number of rotatable bonds is 6. The average molecular weight is 570 g/mol. The van der Waals surface area contributed by atoms with Gasteiger partial charge in [-0.2, -0.15) is 0 Å². The van der Waals surface area contributed by atoms with Gasteiger partial charge in [0, 0.05) is 16.7 Å². The summed E-state index contributed by atoms with van der Waals surface area (Å²) in [7, 11) is 0. The Bertz CT molecular complexity index is 1700. The summed E-state index contributed by atoms with van der Waals surface area (Å²) in [5.41, 5.74) is 1.84. The van der Waals surface area contributed by atoms with E-state index < -0.39 is 6.04 Å². The highest BCUT2D eigenvalue weighted by atomic mass is 79.9. The van der Waals surface area contributed by atoms with E-state index in [0.717, 1.165) is 15.2 Å². The minimum absolute atomic E-state index is 0.162. The lowest BCUT2D eigenvalue weighted by molar-refractivity contribution is 0.179. The maximum absolute atomic E-state index is 13.9. The van der Waals surface area contributed by atoms with Crippen molar-refractivity contribution in [2.75, 3.05) is 11.9 Å². The number of hydrogen-bond donors (Lipinski definition) is 1. The molecule has 6 nitrogen and oxygen atoms in total. The molecule has 0 aliphatic heterocycles. The van der Waals surface area contributed by atoms with E-state index in [4.69, 9.17) is 4.98 Å². The van der Waals surface area contributed by atoms with Gasteiger partial charge in [-0.05, 0) is 66.1 Å². The van der Waals surface area contributed by atoms with Gasteiger partial charge in [-0.15, -0.1) is 0 Å². The zero-order valence-corrected chi connectivity index (χ0v) is 23.1. The highest BCUT2D eigenvalue weighted by Crippen LogP contribution is 2.27. The minimum atomic E-state index is -0.492. The third-order valence-electron chi connectivity index (χ3n) is 6.53. The van der Waals surface area contributed by atoms with Crippen molar-refractivity contribution in [3.63, 3.8) is 0 Å². The Labute approximate surface area is 230 Å². The molecule has 0 radical (unpaired) electrons. The molecule has 0 saturated carbocycles. The van der Waals surface area contributed by atoms with Crippen LogP contribution in [0.2, 0.25) is 0 Å². The molecule has 1 heterocycles. The third-order valence-corrected chi connectivity index (χ3v) is 7.03. The first kappa shape index (κ1) is 25.7. The Hall–Kier alpha value is -3.97. The fourth-order valence-corrected chi connectivity index (χ4v) is 5.11. The van der Waals surface area contributed by atoms with Gasteiger partial charge < -0.3 is 10.2 Å². The lowest BCUT2D eigenvalue weighted by Gasteiger charge is -2.32. The van der Waals surface area contributed by atoms with E-state index in [1.54, 1.807) is 15.5 Å². The third kappa shape index (κ3) is 5.20. The van der Waals surface area contributed by atoms with E-state index in [1.807, 2.05) is 91.9 Å². The van der Waals surface area contributed by atoms with Gasteiger partial charge in [0.15, 0.2) is 0 Å². The van der Waals surface area contributed by atoms with Crippen molar-refractivity contribution >= 4 is 49.3 Å². The van der Waals surface area contributed by atoms with Gasteiger partial charge in [0.25, 0.3) is 5.56 Å². The molecule has 7 heteroatoms. The van der Waals surface area contributed by atoms with E-state index in [0.29, 0.717) is 34.6 Å². The Morgan fingerprint density at radius 1 is 0.921 bits per heavy atom. The summed E-state index contributed by atoms with van der Waals surface area (Å²) in [4.78, 5) is 34.3. The number of carbonyl (C=O) groups excluding carboxylic acids is 1. The zero-order valence-electron chi connectivity index (χ0n) is 21.6. The van der Waals surface area contributed by atoms with Gasteiger partial charge in [0.1, 0.15) is 5.82 Å². The monoisotopic (exact) mass is 568 g/mol. The Morgan fingerprint density at radius 3 is 2.42 bits per heavy atom. The first-order valence-corrected chi connectivity index (χ1v) is 13.4. The number of hydrogen-bond acceptors (Lipinski definition) is 3. The van der Waals surface area contributed by atoms with Gasteiger partial charge in [-0.1, -0.05) is 78.3 Å². The molecule has 0 saturated heterocycles. The molecule has 0 spiro atoms. The molecule has 1 N–H and O–H groups in total. The van der Waals surface area contributed by atoms with E-state index in [2.05, 4.69) is 35.1 Å². The largest absolute Gasteiger partial charge is 0.322 e. The van der Waals surface area contributed by atoms with Crippen LogP contribution in [0.25, 0.3) is 27.4 Å². The van der Waals surface area contributed by atoms with E-state index in [1.165, 1.54) is 0 Å². The van der Waals surface area contributed by atoms with Crippen LogP contribution in [0.1, 0.15) is 32.6 Å². The Balaban J connectivity index is 1.65. The summed E-state index contributed by atoms with van der Waals surface area (Å²) >= 11 is 3.47. The second-order valence-electron chi connectivity index (χ2n) is 9.82. The van der Waals surface area contributed by atoms with Crippen molar-refractivity contribution < 1.29 is 4.79 Å². The fraction of sp³-hybridized carbons (Fsp3) is 0.194. The highest BCUT2D eigenvalue weighted by Gasteiger charge is 2.28. The molecule has 5 aromatic rings. The van der Waals surface area contributed by atoms with Crippen LogP contribution in [0.15, 0.2) is 100 Å². The first-order valence-electron chi connectivity index (χ1n) is 12.7. The second kappa shape index (κ2) is 10.8. The van der Waals surface area contributed by atoms with Crippen LogP contribution >= 0.6 is 15.9 Å². The van der Waals surface area contributed by atoms with Crippen molar-refractivity contribution in [3.05, 3.63) is 112 Å². The zero-order chi connectivity index (χ0) is 26.8. The fourth-order valence-electron chi connectivity index (χ4n) is 4.71. The number of nitrogens with one attached hydrogen (secondary N) is 1. The van der Waals surface area contributed by atoms with Crippen LogP contribution in [0.4, 0.5) is 10.5 Å². The van der Waals surface area contributed by atoms with E-state index in [9.17, 15) is 9.59 Å². The van der Waals surface area contributed by atoms with Gasteiger partial charge in [0.05, 0.1) is 22.6 Å². The average Bonchev–Trinajstić information content (AvgIpc) is 2.91. The van der Waals surface area contributed by atoms with Crippen LogP contribution in [-0.4, -0.2) is 27.0 Å². The van der Waals surface area contributed by atoms with Gasteiger partial charge >= 0.3 is 6.03 Å². The predicted molar refractivity (Wildman–Crippen MR) is 158 cm³/mol. The number of urea groups is 1. The summed E-state index contributed by atoms with van der Waals surface area (Å²) in [5.74, 6) is 0.709. The summed E-state index contributed by atoms with van der Waals surface area (Å²) in [6.07, 6.45) is 0. The molecule has 0 fully saturated rings. The van der Waals surface area contributed by atoms with Gasteiger partial charge in [-0.25, -0.2) is 9.78 Å². The number of benzene rings is 4. The maximum Gasteiger partial charge on any atom is 0.322 e. The molecule has 2 amide bonds. The molecule has 4 aromatic carbocycles. The minimum Gasteiger partial charge on any atom is -0.314 e. The highest BCUT2D eigenvalue weighted by molar-refractivity contribution is 9.10. The second-order valence-corrected chi connectivity index (χ2v) is 10.7. The summed E-state index contributed by atoms with van der Waals surface area (Å²) in [5, 5.41) is 5.66. The predicted octanol–water partition coefficient (Wildman–Crippen LogP) is 7.55. The van der Waals surface area contributed by atoms with Gasteiger partial charge in [0.2, 0.25) is 0 Å². The van der Waals surface area contributed by atoms with Crippen molar-refractivity contribution in [3.8, 4) is 5.69 Å². The molecule has 1 aromatic heterocycles. The lowest BCUT2D eigenvalue weighted by atomic mass is 10.1. The SMILES string of the molecule is CC(C)CN(C(=O)Nc1cccc(Br)c1)C(C)c1nc2ccccc2c(=O)n1-c1ccc2ccccc2c1. The topological polar surface area (TPSA) is 67.2 Å². The van der Waals surface area contributed by atoms with E-state index >= 15 is 0 Å². The smallest absolute Gasteiger partial charge is 0.314 e. The Kier molecular flexibility index (Phi) is 7.29. The van der Waals surface area contributed by atoms with Crippen molar-refractivity contribution in [2.45, 2.75) is 26.8 Å². The number of nitrogens with zero attached hydrogens (tertiary/aromatic N) is 3. The number of carbonyl (C=O) groups is 1. The van der Waals surface area contributed by atoms with Crippen LogP contribution in [0.5, 0.6) is 0 Å². The van der Waals surface area contributed by atoms with E-state index in [-0.39, 0.29) is 17.5 Å². The quantitative estimate of drug-likeness (QED) is 0.230. The van der Waals surface area contributed by atoms with Gasteiger partial charge in [-0.3, -0.25) is 9.36 Å². The van der Waals surface area contributed by atoms with Crippen LogP contribution < -0.4 is 10.9 Å². The molecular weight excluding hydrogens is 540 g/mol. The Morgan fingerprint density at radius 2 is 1.66 bits per heavy atom. The number of aromatic nitrogens is 2. The molecule has 38 heavy (non-hydrogen) atoms. The van der Waals surface area contributed by atoms with Crippen LogP contribution in [-0.2, 0) is 0 Å². The maximum atomic E-state index is 13.9. The van der Waals surface area contributed by atoms with Crippen molar-refractivity contribution in [1.82, 2.24) is 14.5 Å². The first-order chi connectivity index (χ1) is 18.3. The number of anilines is 1. The van der Waals surface area contributed by atoms with Crippen molar-refractivity contribution in [1.29, 1.82) is 0 Å². The van der Waals surface area contributed by atoms with Crippen LogP contribution in [0, 0.1) is 5.92 Å². The molecule has 192 valence electrons. The molecule has 1 atom stereocenters.